The summed E-state index contributed by atoms with van der Waals surface area (Å²) in [6, 6.07) is 13.7. The number of hydrogen-bond donors (Lipinski definition) is 1. The van der Waals surface area contributed by atoms with Crippen molar-refractivity contribution in [2.75, 3.05) is 14.2 Å². The molecule has 2 aromatic rings. The number of allylic oxidation sites excluding steroid dienone is 3. The van der Waals surface area contributed by atoms with Gasteiger partial charge in [-0.15, -0.1) is 0 Å². The Bertz CT molecular complexity index is 1220. The van der Waals surface area contributed by atoms with E-state index in [4.69, 9.17) is 14.2 Å². The summed E-state index contributed by atoms with van der Waals surface area (Å²) >= 11 is 0. The first-order valence-corrected chi connectivity index (χ1v) is 12.0. The lowest BCUT2D eigenvalue weighted by atomic mass is 9.71. The first-order chi connectivity index (χ1) is 16.7. The lowest BCUT2D eigenvalue weighted by Crippen LogP contribution is -2.36. The standard InChI is InChI=1S/C29H33NO5/c1-16(2)35-29(32)26-18(4)30-22-13-20(19-11-12-24(33-5)25(15-19)34-6)14-23(31)28(22)27(26)21-10-8-7-9-17(21)3/h7-12,15-16,20,27,30H,13-14H2,1-6H3/t20-,27+/m1/s1. The smallest absolute Gasteiger partial charge is 0.337 e. The van der Waals surface area contributed by atoms with Gasteiger partial charge in [-0.25, -0.2) is 4.79 Å². The lowest BCUT2D eigenvalue weighted by Gasteiger charge is -2.37. The van der Waals surface area contributed by atoms with Gasteiger partial charge >= 0.3 is 5.97 Å². The molecule has 1 N–H and O–H groups in total. The fraction of sp³-hybridized carbons (Fsp3) is 0.379. The topological polar surface area (TPSA) is 73.9 Å². The molecule has 4 rings (SSSR count). The van der Waals surface area contributed by atoms with Crippen molar-refractivity contribution in [1.82, 2.24) is 5.32 Å². The summed E-state index contributed by atoms with van der Waals surface area (Å²) in [6.45, 7) is 7.56. The minimum Gasteiger partial charge on any atom is -0.493 e. The Morgan fingerprint density at radius 3 is 2.37 bits per heavy atom. The number of aryl methyl sites for hydroxylation is 1. The van der Waals surface area contributed by atoms with E-state index >= 15 is 0 Å². The average molecular weight is 476 g/mol. The zero-order valence-corrected chi connectivity index (χ0v) is 21.2. The highest BCUT2D eigenvalue weighted by Gasteiger charge is 2.42. The van der Waals surface area contributed by atoms with Crippen molar-refractivity contribution in [3.63, 3.8) is 0 Å². The number of carbonyl (C=O) groups excluding carboxylic acids is 2. The van der Waals surface area contributed by atoms with Crippen LogP contribution in [0.4, 0.5) is 0 Å². The van der Waals surface area contributed by atoms with Crippen molar-refractivity contribution < 1.29 is 23.8 Å². The summed E-state index contributed by atoms with van der Waals surface area (Å²) in [6.07, 6.45) is 0.749. The Hall–Kier alpha value is -3.54. The van der Waals surface area contributed by atoms with Crippen molar-refractivity contribution in [2.45, 2.75) is 58.5 Å². The second kappa shape index (κ2) is 9.98. The van der Waals surface area contributed by atoms with Crippen molar-refractivity contribution in [2.24, 2.45) is 0 Å². The van der Waals surface area contributed by atoms with Gasteiger partial charge < -0.3 is 19.5 Å². The van der Waals surface area contributed by atoms with E-state index in [9.17, 15) is 9.59 Å². The van der Waals surface area contributed by atoms with Crippen molar-refractivity contribution in [1.29, 1.82) is 0 Å². The molecule has 0 fully saturated rings. The monoisotopic (exact) mass is 475 g/mol. The van der Waals surface area contributed by atoms with Crippen LogP contribution in [0.1, 0.15) is 62.1 Å². The normalized spacial score (nSPS) is 19.9. The fourth-order valence-corrected chi connectivity index (χ4v) is 5.15. The number of nitrogens with one attached hydrogen (secondary N) is 1. The number of ketones is 1. The van der Waals surface area contributed by atoms with E-state index in [0.29, 0.717) is 35.5 Å². The molecule has 0 aromatic heterocycles. The third-order valence-electron chi connectivity index (χ3n) is 6.77. The van der Waals surface area contributed by atoms with Crippen LogP contribution >= 0.6 is 0 Å². The SMILES string of the molecule is COc1ccc([C@H]2CC(=O)C3=C(C2)NC(C)=C(C(=O)OC(C)C)[C@@H]3c2ccccc2C)cc1OC. The lowest BCUT2D eigenvalue weighted by molar-refractivity contribution is -0.143. The number of rotatable bonds is 6. The van der Waals surface area contributed by atoms with Gasteiger partial charge in [-0.2, -0.15) is 0 Å². The molecule has 6 nitrogen and oxygen atoms in total. The number of carbonyl (C=O) groups is 2. The van der Waals surface area contributed by atoms with Crippen LogP contribution in [0.5, 0.6) is 11.5 Å². The van der Waals surface area contributed by atoms with Gasteiger partial charge in [-0.3, -0.25) is 4.79 Å². The van der Waals surface area contributed by atoms with Gasteiger partial charge in [0.15, 0.2) is 17.3 Å². The van der Waals surface area contributed by atoms with E-state index in [1.54, 1.807) is 14.2 Å². The van der Waals surface area contributed by atoms with E-state index < -0.39 is 5.92 Å². The van der Waals surface area contributed by atoms with Crippen LogP contribution in [0.25, 0.3) is 0 Å². The molecule has 35 heavy (non-hydrogen) atoms. The molecule has 6 heteroatoms. The van der Waals surface area contributed by atoms with Crippen LogP contribution in [0.2, 0.25) is 0 Å². The average Bonchev–Trinajstić information content (AvgIpc) is 2.82. The van der Waals surface area contributed by atoms with Crippen molar-refractivity contribution in [3.8, 4) is 11.5 Å². The van der Waals surface area contributed by atoms with E-state index in [2.05, 4.69) is 5.32 Å². The molecule has 1 heterocycles. The van der Waals surface area contributed by atoms with E-state index in [-0.39, 0.29) is 23.8 Å². The highest BCUT2D eigenvalue weighted by molar-refractivity contribution is 6.04. The molecular weight excluding hydrogens is 442 g/mol. The van der Waals surface area contributed by atoms with Gasteiger partial charge in [0.1, 0.15) is 0 Å². The molecule has 2 aromatic carbocycles. The maximum atomic E-state index is 13.8. The molecule has 1 aliphatic carbocycles. The maximum absolute atomic E-state index is 13.8. The molecule has 184 valence electrons. The minimum absolute atomic E-state index is 0.0111. The summed E-state index contributed by atoms with van der Waals surface area (Å²) in [4.78, 5) is 27.0. The number of hydrogen-bond acceptors (Lipinski definition) is 6. The highest BCUT2D eigenvalue weighted by Crippen LogP contribution is 2.47. The van der Waals surface area contributed by atoms with E-state index in [1.807, 2.05) is 70.2 Å². The zero-order valence-electron chi connectivity index (χ0n) is 21.2. The number of esters is 1. The number of benzene rings is 2. The molecule has 2 atom stereocenters. The van der Waals surface area contributed by atoms with Gasteiger partial charge in [0.2, 0.25) is 0 Å². The minimum atomic E-state index is -0.461. The summed E-state index contributed by atoms with van der Waals surface area (Å²) in [7, 11) is 3.21. The quantitative estimate of drug-likeness (QED) is 0.570. The van der Waals surface area contributed by atoms with Gasteiger partial charge in [-0.05, 0) is 68.9 Å². The van der Waals surface area contributed by atoms with E-state index in [1.165, 1.54) is 0 Å². The van der Waals surface area contributed by atoms with Crippen LogP contribution in [-0.4, -0.2) is 32.1 Å². The Morgan fingerprint density at radius 1 is 1.00 bits per heavy atom. The Morgan fingerprint density at radius 2 is 1.71 bits per heavy atom. The second-order valence-corrected chi connectivity index (χ2v) is 9.44. The molecule has 0 radical (unpaired) electrons. The van der Waals surface area contributed by atoms with Gasteiger partial charge in [-0.1, -0.05) is 30.3 Å². The van der Waals surface area contributed by atoms with Crippen molar-refractivity contribution >= 4 is 11.8 Å². The number of dihydropyridines is 1. The molecule has 0 unspecified atom stereocenters. The molecule has 1 aliphatic heterocycles. The first-order valence-electron chi connectivity index (χ1n) is 12.0. The second-order valence-electron chi connectivity index (χ2n) is 9.44. The summed E-state index contributed by atoms with van der Waals surface area (Å²) in [5.41, 5.74) is 5.76. The number of ether oxygens (including phenoxy) is 3. The predicted octanol–water partition coefficient (Wildman–Crippen LogP) is 5.33. The van der Waals surface area contributed by atoms with E-state index in [0.717, 1.165) is 28.1 Å². The van der Waals surface area contributed by atoms with Gasteiger partial charge in [0, 0.05) is 29.3 Å². The third-order valence-corrected chi connectivity index (χ3v) is 6.77. The summed E-state index contributed by atoms with van der Waals surface area (Å²) in [5.74, 6) is 0.469. The van der Waals surface area contributed by atoms with Crippen LogP contribution in [0.15, 0.2) is 65.0 Å². The van der Waals surface area contributed by atoms with Crippen molar-refractivity contribution in [3.05, 3.63) is 81.7 Å². The Labute approximate surface area is 207 Å². The fourth-order valence-electron chi connectivity index (χ4n) is 5.15. The molecule has 2 aliphatic rings. The molecule has 0 amide bonds. The highest BCUT2D eigenvalue weighted by atomic mass is 16.5. The summed E-state index contributed by atoms with van der Waals surface area (Å²) < 4.78 is 16.5. The largest absolute Gasteiger partial charge is 0.493 e. The van der Waals surface area contributed by atoms with Crippen LogP contribution in [-0.2, 0) is 14.3 Å². The maximum Gasteiger partial charge on any atom is 0.337 e. The van der Waals surface area contributed by atoms with Gasteiger partial charge in [0.05, 0.1) is 25.9 Å². The van der Waals surface area contributed by atoms with Crippen LogP contribution in [0, 0.1) is 6.92 Å². The van der Waals surface area contributed by atoms with Gasteiger partial charge in [0.25, 0.3) is 0 Å². The molecular formula is C29H33NO5. The Kier molecular flexibility index (Phi) is 7.01. The molecule has 0 saturated carbocycles. The van der Waals surface area contributed by atoms with Crippen LogP contribution < -0.4 is 14.8 Å². The number of methoxy groups -OCH3 is 2. The number of Topliss-reactive ketones (excluding diaryl/α,β-unsaturated/α-hetero) is 1. The molecule has 0 saturated heterocycles. The predicted molar refractivity (Wildman–Crippen MR) is 135 cm³/mol. The first kappa shape index (κ1) is 24.6. The van der Waals surface area contributed by atoms with Crippen LogP contribution in [0.3, 0.4) is 0 Å². The summed E-state index contributed by atoms with van der Waals surface area (Å²) in [5, 5.41) is 3.40. The molecule has 0 spiro atoms. The third kappa shape index (κ3) is 4.70. The zero-order chi connectivity index (χ0) is 25.3. The molecule has 0 bridgehead atoms. The Balaban J connectivity index is 1.79.